The Kier molecular flexibility index (Phi) is 2.62. The van der Waals surface area contributed by atoms with Crippen molar-refractivity contribution >= 4 is 5.91 Å². The van der Waals surface area contributed by atoms with E-state index in [2.05, 4.69) is 6.08 Å². The Hall–Kier alpha value is -0.790. The Bertz CT molecular complexity index is 259. The SMILES string of the molecule is CC(=O)N(C)/C=C/[C@@H]1C[C@H]2CC[C@@H]1C2. The van der Waals surface area contributed by atoms with Gasteiger partial charge in [0.15, 0.2) is 0 Å². The van der Waals surface area contributed by atoms with Crippen LogP contribution in [0.25, 0.3) is 0 Å². The molecule has 78 valence electrons. The number of fused-ring (bicyclic) bond motifs is 2. The van der Waals surface area contributed by atoms with Gasteiger partial charge in [-0.25, -0.2) is 0 Å². The first-order valence-corrected chi connectivity index (χ1v) is 5.58. The highest BCUT2D eigenvalue weighted by Crippen LogP contribution is 2.48. The quantitative estimate of drug-likeness (QED) is 0.659. The van der Waals surface area contributed by atoms with E-state index in [0.717, 1.165) is 17.8 Å². The molecule has 2 aliphatic rings. The summed E-state index contributed by atoms with van der Waals surface area (Å²) in [5, 5.41) is 0. The zero-order valence-electron chi connectivity index (χ0n) is 9.07. The van der Waals surface area contributed by atoms with Gasteiger partial charge >= 0.3 is 0 Å². The first-order valence-electron chi connectivity index (χ1n) is 5.58. The molecule has 2 nitrogen and oxygen atoms in total. The van der Waals surface area contributed by atoms with Crippen molar-refractivity contribution in [3.05, 3.63) is 12.3 Å². The maximum atomic E-state index is 11.0. The number of allylic oxidation sites excluding steroid dienone is 1. The lowest BCUT2D eigenvalue weighted by Crippen LogP contribution is -2.17. The zero-order chi connectivity index (χ0) is 10.1. The highest BCUT2D eigenvalue weighted by molar-refractivity contribution is 5.73. The van der Waals surface area contributed by atoms with Gasteiger partial charge in [0.25, 0.3) is 0 Å². The number of hydrogen-bond acceptors (Lipinski definition) is 1. The van der Waals surface area contributed by atoms with Gasteiger partial charge in [-0.15, -0.1) is 0 Å². The third kappa shape index (κ3) is 1.84. The van der Waals surface area contributed by atoms with Crippen LogP contribution in [0.15, 0.2) is 12.3 Å². The van der Waals surface area contributed by atoms with Gasteiger partial charge in [0, 0.05) is 20.2 Å². The largest absolute Gasteiger partial charge is 0.323 e. The van der Waals surface area contributed by atoms with Crippen molar-refractivity contribution < 1.29 is 4.79 Å². The summed E-state index contributed by atoms with van der Waals surface area (Å²) in [5.41, 5.74) is 0. The average Bonchev–Trinajstić information content (AvgIpc) is 2.74. The minimum atomic E-state index is 0.115. The molecule has 2 fully saturated rings. The molecule has 14 heavy (non-hydrogen) atoms. The lowest BCUT2D eigenvalue weighted by molar-refractivity contribution is -0.125. The highest BCUT2D eigenvalue weighted by atomic mass is 16.2. The molecule has 2 bridgehead atoms. The summed E-state index contributed by atoms with van der Waals surface area (Å²) < 4.78 is 0. The van der Waals surface area contributed by atoms with Crippen LogP contribution in [-0.2, 0) is 4.79 Å². The molecule has 2 heteroatoms. The minimum absolute atomic E-state index is 0.115. The van der Waals surface area contributed by atoms with Crippen LogP contribution >= 0.6 is 0 Å². The number of carbonyl (C=O) groups excluding carboxylic acids is 1. The molecule has 2 saturated carbocycles. The van der Waals surface area contributed by atoms with Crippen molar-refractivity contribution in [3.63, 3.8) is 0 Å². The first kappa shape index (κ1) is 9.75. The topological polar surface area (TPSA) is 20.3 Å². The summed E-state index contributed by atoms with van der Waals surface area (Å²) in [4.78, 5) is 12.7. The monoisotopic (exact) mass is 193 g/mol. The second-order valence-corrected chi connectivity index (χ2v) is 4.81. The van der Waals surface area contributed by atoms with Crippen molar-refractivity contribution in [3.8, 4) is 0 Å². The Morgan fingerprint density at radius 2 is 2.14 bits per heavy atom. The Labute approximate surface area is 86.0 Å². The van der Waals surface area contributed by atoms with Crippen molar-refractivity contribution in [2.75, 3.05) is 7.05 Å². The summed E-state index contributed by atoms with van der Waals surface area (Å²) in [6, 6.07) is 0. The molecule has 0 heterocycles. The normalized spacial score (nSPS) is 35.4. The second-order valence-electron chi connectivity index (χ2n) is 4.81. The first-order chi connectivity index (χ1) is 6.66. The molecule has 0 unspecified atom stereocenters. The number of rotatable bonds is 2. The fourth-order valence-electron chi connectivity index (χ4n) is 2.87. The molecule has 3 atom stereocenters. The number of nitrogens with zero attached hydrogens (tertiary/aromatic N) is 1. The highest BCUT2D eigenvalue weighted by Gasteiger charge is 2.37. The van der Waals surface area contributed by atoms with Crippen LogP contribution in [0, 0.1) is 17.8 Å². The second kappa shape index (κ2) is 3.76. The summed E-state index contributed by atoms with van der Waals surface area (Å²) in [5.74, 6) is 2.76. The molecule has 0 spiro atoms. The van der Waals surface area contributed by atoms with E-state index < -0.39 is 0 Å². The smallest absolute Gasteiger partial charge is 0.223 e. The molecule has 0 aromatic rings. The fraction of sp³-hybridized carbons (Fsp3) is 0.750. The van der Waals surface area contributed by atoms with E-state index in [4.69, 9.17) is 0 Å². The molecule has 1 amide bonds. The number of carbonyl (C=O) groups is 1. The molecule has 0 aliphatic heterocycles. The van der Waals surface area contributed by atoms with Gasteiger partial charge in [0.1, 0.15) is 0 Å². The Balaban J connectivity index is 1.89. The van der Waals surface area contributed by atoms with Crippen LogP contribution in [0.3, 0.4) is 0 Å². The van der Waals surface area contributed by atoms with Gasteiger partial charge < -0.3 is 4.90 Å². The molecule has 2 aliphatic carbocycles. The van der Waals surface area contributed by atoms with Crippen LogP contribution in [0.4, 0.5) is 0 Å². The summed E-state index contributed by atoms with van der Waals surface area (Å²) >= 11 is 0. The van der Waals surface area contributed by atoms with Crippen molar-refractivity contribution in [2.24, 2.45) is 17.8 Å². The zero-order valence-corrected chi connectivity index (χ0v) is 9.07. The van der Waals surface area contributed by atoms with Crippen LogP contribution in [0.2, 0.25) is 0 Å². The van der Waals surface area contributed by atoms with Crippen LogP contribution in [0.1, 0.15) is 32.6 Å². The maximum Gasteiger partial charge on any atom is 0.223 e. The van der Waals surface area contributed by atoms with Gasteiger partial charge in [-0.1, -0.05) is 12.5 Å². The van der Waals surface area contributed by atoms with Gasteiger partial charge in [-0.05, 0) is 37.0 Å². The molecular formula is C12H19NO. The predicted molar refractivity (Wildman–Crippen MR) is 56.5 cm³/mol. The summed E-state index contributed by atoms with van der Waals surface area (Å²) in [6.45, 7) is 1.60. The van der Waals surface area contributed by atoms with Crippen LogP contribution < -0.4 is 0 Å². The van der Waals surface area contributed by atoms with Crippen molar-refractivity contribution in [1.82, 2.24) is 4.90 Å². The number of amides is 1. The minimum Gasteiger partial charge on any atom is -0.323 e. The summed E-state index contributed by atoms with van der Waals surface area (Å²) in [6.07, 6.45) is 9.83. The predicted octanol–water partition coefficient (Wildman–Crippen LogP) is 2.41. The van der Waals surface area contributed by atoms with Crippen molar-refractivity contribution in [1.29, 1.82) is 0 Å². The average molecular weight is 193 g/mol. The Morgan fingerprint density at radius 3 is 2.64 bits per heavy atom. The molecule has 0 aromatic heterocycles. The lowest BCUT2D eigenvalue weighted by Gasteiger charge is -2.18. The van der Waals surface area contributed by atoms with Crippen LogP contribution in [0.5, 0.6) is 0 Å². The standard InChI is InChI=1S/C12H19NO/c1-9(14)13(2)6-5-12-8-10-3-4-11(12)7-10/h5-6,10-12H,3-4,7-8H2,1-2H3/b6-5+/t10-,11+,12+/m0/s1. The molecule has 0 radical (unpaired) electrons. The van der Waals surface area contributed by atoms with Crippen molar-refractivity contribution in [2.45, 2.75) is 32.6 Å². The molecule has 2 rings (SSSR count). The van der Waals surface area contributed by atoms with Gasteiger partial charge in [0.2, 0.25) is 5.91 Å². The molecular weight excluding hydrogens is 174 g/mol. The molecule has 0 saturated heterocycles. The van der Waals surface area contributed by atoms with Crippen LogP contribution in [-0.4, -0.2) is 17.9 Å². The van der Waals surface area contributed by atoms with Gasteiger partial charge in [-0.2, -0.15) is 0 Å². The lowest BCUT2D eigenvalue weighted by atomic mass is 9.89. The van der Waals surface area contributed by atoms with E-state index in [9.17, 15) is 4.79 Å². The van der Waals surface area contributed by atoms with Gasteiger partial charge in [-0.3, -0.25) is 4.79 Å². The van der Waals surface area contributed by atoms with E-state index in [-0.39, 0.29) is 5.91 Å². The number of hydrogen-bond donors (Lipinski definition) is 0. The Morgan fingerprint density at radius 1 is 1.36 bits per heavy atom. The molecule has 0 N–H and O–H groups in total. The van der Waals surface area contributed by atoms with Gasteiger partial charge in [0.05, 0.1) is 0 Å². The van der Waals surface area contributed by atoms with E-state index in [1.165, 1.54) is 25.7 Å². The van der Waals surface area contributed by atoms with E-state index in [0.29, 0.717) is 0 Å². The fourth-order valence-corrected chi connectivity index (χ4v) is 2.87. The van der Waals surface area contributed by atoms with E-state index in [1.807, 2.05) is 13.2 Å². The third-order valence-electron chi connectivity index (χ3n) is 3.85. The maximum absolute atomic E-state index is 11.0. The third-order valence-corrected chi connectivity index (χ3v) is 3.85. The van der Waals surface area contributed by atoms with E-state index >= 15 is 0 Å². The van der Waals surface area contributed by atoms with E-state index in [1.54, 1.807) is 11.8 Å². The molecule has 0 aromatic carbocycles. The summed E-state index contributed by atoms with van der Waals surface area (Å²) in [7, 11) is 1.83.